The summed E-state index contributed by atoms with van der Waals surface area (Å²) in [6, 6.07) is 4.76. The zero-order chi connectivity index (χ0) is 13.0. The Balaban J connectivity index is 3.01. The maximum Gasteiger partial charge on any atom is 0.253 e. The van der Waals surface area contributed by atoms with Crippen molar-refractivity contribution in [2.75, 3.05) is 13.1 Å². The van der Waals surface area contributed by atoms with E-state index in [1.165, 1.54) is 6.07 Å². The fraction of sp³-hybridized carbons (Fsp3) is 0.500. The average molecular weight is 237 g/mol. The molecule has 0 bridgehead atoms. The Labute approximate surface area is 102 Å². The zero-order valence-electron chi connectivity index (χ0n) is 11.0. The summed E-state index contributed by atoms with van der Waals surface area (Å²) in [4.78, 5) is 13.7. The van der Waals surface area contributed by atoms with Gasteiger partial charge in [0.2, 0.25) is 0 Å². The van der Waals surface area contributed by atoms with Crippen LogP contribution in [0.4, 0.5) is 4.39 Å². The molecule has 0 aliphatic heterocycles. The Bertz CT molecular complexity index is 397. The first kappa shape index (κ1) is 13.7. The van der Waals surface area contributed by atoms with E-state index in [0.717, 1.165) is 0 Å². The molecule has 1 rings (SSSR count). The van der Waals surface area contributed by atoms with Crippen molar-refractivity contribution >= 4 is 5.91 Å². The van der Waals surface area contributed by atoms with E-state index in [1.54, 1.807) is 17.0 Å². The number of hydrogen-bond donors (Lipinski definition) is 0. The minimum atomic E-state index is -0.294. The molecule has 0 fully saturated rings. The highest BCUT2D eigenvalue weighted by Crippen LogP contribution is 2.20. The number of carbonyl (C=O) groups is 1. The van der Waals surface area contributed by atoms with Gasteiger partial charge in [0.1, 0.15) is 5.82 Å². The van der Waals surface area contributed by atoms with Crippen molar-refractivity contribution in [3.8, 4) is 0 Å². The topological polar surface area (TPSA) is 20.3 Å². The first-order valence-corrected chi connectivity index (χ1v) is 6.09. The number of hydrogen-bond acceptors (Lipinski definition) is 1. The van der Waals surface area contributed by atoms with Crippen LogP contribution in [0.1, 0.15) is 49.5 Å². The molecule has 0 spiro atoms. The van der Waals surface area contributed by atoms with Crippen LogP contribution < -0.4 is 0 Å². The summed E-state index contributed by atoms with van der Waals surface area (Å²) in [5.41, 5.74) is 1.08. The van der Waals surface area contributed by atoms with E-state index in [1.807, 2.05) is 27.7 Å². The van der Waals surface area contributed by atoms with Crippen molar-refractivity contribution in [1.82, 2.24) is 4.90 Å². The van der Waals surface area contributed by atoms with E-state index in [0.29, 0.717) is 24.2 Å². The second kappa shape index (κ2) is 5.80. The normalized spacial score (nSPS) is 10.7. The van der Waals surface area contributed by atoms with Gasteiger partial charge in [-0.05, 0) is 37.5 Å². The molecule has 0 saturated heterocycles. The molecule has 1 aromatic carbocycles. The van der Waals surface area contributed by atoms with Crippen LogP contribution in [-0.2, 0) is 0 Å². The number of amides is 1. The molecule has 3 heteroatoms. The summed E-state index contributed by atoms with van der Waals surface area (Å²) in [6.45, 7) is 8.99. The third-order valence-electron chi connectivity index (χ3n) is 2.92. The lowest BCUT2D eigenvalue weighted by atomic mass is 10.0. The van der Waals surface area contributed by atoms with Gasteiger partial charge >= 0.3 is 0 Å². The highest BCUT2D eigenvalue weighted by molar-refractivity contribution is 5.94. The van der Waals surface area contributed by atoms with Crippen LogP contribution in [0.5, 0.6) is 0 Å². The van der Waals surface area contributed by atoms with Crippen LogP contribution in [-0.4, -0.2) is 23.9 Å². The van der Waals surface area contributed by atoms with Gasteiger partial charge in [-0.25, -0.2) is 4.39 Å². The lowest BCUT2D eigenvalue weighted by Gasteiger charge is -2.19. The minimum absolute atomic E-state index is 0.107. The van der Waals surface area contributed by atoms with Gasteiger partial charge in [-0.3, -0.25) is 4.79 Å². The highest BCUT2D eigenvalue weighted by Gasteiger charge is 2.15. The van der Waals surface area contributed by atoms with Gasteiger partial charge in [-0.1, -0.05) is 19.9 Å². The maximum atomic E-state index is 13.8. The lowest BCUT2D eigenvalue weighted by Crippen LogP contribution is -2.30. The SMILES string of the molecule is CCN(CC)C(=O)c1ccc(C(C)C)c(F)c1. The van der Waals surface area contributed by atoms with Crippen molar-refractivity contribution in [1.29, 1.82) is 0 Å². The second-order valence-corrected chi connectivity index (χ2v) is 4.37. The molecule has 0 heterocycles. The third-order valence-corrected chi connectivity index (χ3v) is 2.92. The van der Waals surface area contributed by atoms with Crippen molar-refractivity contribution < 1.29 is 9.18 Å². The molecule has 0 N–H and O–H groups in total. The highest BCUT2D eigenvalue weighted by atomic mass is 19.1. The molecule has 0 aliphatic carbocycles. The summed E-state index contributed by atoms with van der Waals surface area (Å²) in [7, 11) is 0. The van der Waals surface area contributed by atoms with Gasteiger partial charge in [0.15, 0.2) is 0 Å². The largest absolute Gasteiger partial charge is 0.339 e. The lowest BCUT2D eigenvalue weighted by molar-refractivity contribution is 0.0772. The monoisotopic (exact) mass is 237 g/mol. The molecule has 1 aromatic rings. The van der Waals surface area contributed by atoms with E-state index >= 15 is 0 Å². The van der Waals surface area contributed by atoms with Gasteiger partial charge in [-0.15, -0.1) is 0 Å². The van der Waals surface area contributed by atoms with Crippen LogP contribution in [0, 0.1) is 5.82 Å². The Morgan fingerprint density at radius 3 is 2.29 bits per heavy atom. The summed E-state index contributed by atoms with van der Waals surface area (Å²) < 4.78 is 13.8. The molecule has 0 atom stereocenters. The van der Waals surface area contributed by atoms with Gasteiger partial charge < -0.3 is 4.90 Å². The quantitative estimate of drug-likeness (QED) is 0.785. The van der Waals surface area contributed by atoms with Crippen molar-refractivity contribution in [2.45, 2.75) is 33.6 Å². The van der Waals surface area contributed by atoms with Crippen LogP contribution in [0.3, 0.4) is 0 Å². The summed E-state index contributed by atoms with van der Waals surface area (Å²) in [5.74, 6) is -0.269. The molecule has 1 amide bonds. The summed E-state index contributed by atoms with van der Waals surface area (Å²) >= 11 is 0. The molecule has 0 radical (unpaired) electrons. The minimum Gasteiger partial charge on any atom is -0.339 e. The standard InChI is InChI=1S/C14H20FNO/c1-5-16(6-2)14(17)11-7-8-12(10(3)4)13(15)9-11/h7-10H,5-6H2,1-4H3. The molecule has 0 saturated carbocycles. The van der Waals surface area contributed by atoms with E-state index < -0.39 is 0 Å². The average Bonchev–Trinajstić information content (AvgIpc) is 2.29. The number of halogens is 1. The van der Waals surface area contributed by atoms with Crippen molar-refractivity contribution in [3.63, 3.8) is 0 Å². The molecule has 0 aliphatic rings. The number of carbonyl (C=O) groups excluding carboxylic acids is 1. The van der Waals surface area contributed by atoms with Gasteiger partial charge in [0.25, 0.3) is 5.91 Å². The number of rotatable bonds is 4. The van der Waals surface area contributed by atoms with E-state index in [9.17, 15) is 9.18 Å². The Hall–Kier alpha value is -1.38. The van der Waals surface area contributed by atoms with E-state index in [-0.39, 0.29) is 17.6 Å². The van der Waals surface area contributed by atoms with Crippen molar-refractivity contribution in [3.05, 3.63) is 35.1 Å². The molecule has 0 aromatic heterocycles. The van der Waals surface area contributed by atoms with Crippen molar-refractivity contribution in [2.24, 2.45) is 0 Å². The number of benzene rings is 1. The van der Waals surface area contributed by atoms with Gasteiger partial charge in [0.05, 0.1) is 0 Å². The van der Waals surface area contributed by atoms with Crippen LogP contribution in [0.15, 0.2) is 18.2 Å². The summed E-state index contributed by atoms with van der Waals surface area (Å²) in [5, 5.41) is 0. The second-order valence-electron chi connectivity index (χ2n) is 4.37. The Kier molecular flexibility index (Phi) is 4.67. The maximum absolute atomic E-state index is 13.8. The Morgan fingerprint density at radius 1 is 1.29 bits per heavy atom. The Morgan fingerprint density at radius 2 is 1.88 bits per heavy atom. The molecule has 0 unspecified atom stereocenters. The predicted molar refractivity (Wildman–Crippen MR) is 67.7 cm³/mol. The van der Waals surface area contributed by atoms with Crippen LogP contribution in [0.2, 0.25) is 0 Å². The molecular formula is C14H20FNO. The molecule has 94 valence electrons. The van der Waals surface area contributed by atoms with E-state index in [4.69, 9.17) is 0 Å². The zero-order valence-corrected chi connectivity index (χ0v) is 11.0. The van der Waals surface area contributed by atoms with Gasteiger partial charge in [0, 0.05) is 18.7 Å². The summed E-state index contributed by atoms with van der Waals surface area (Å²) in [6.07, 6.45) is 0. The first-order valence-electron chi connectivity index (χ1n) is 6.09. The fourth-order valence-electron chi connectivity index (χ4n) is 1.82. The fourth-order valence-corrected chi connectivity index (χ4v) is 1.82. The van der Waals surface area contributed by atoms with Gasteiger partial charge in [-0.2, -0.15) is 0 Å². The third kappa shape index (κ3) is 3.05. The molecule has 17 heavy (non-hydrogen) atoms. The number of nitrogens with zero attached hydrogens (tertiary/aromatic N) is 1. The predicted octanol–water partition coefficient (Wildman–Crippen LogP) is 3.43. The van der Waals surface area contributed by atoms with Crippen LogP contribution in [0.25, 0.3) is 0 Å². The molecular weight excluding hydrogens is 217 g/mol. The molecule has 2 nitrogen and oxygen atoms in total. The first-order chi connectivity index (χ1) is 8.01. The van der Waals surface area contributed by atoms with Crippen LogP contribution >= 0.6 is 0 Å². The smallest absolute Gasteiger partial charge is 0.253 e. The van der Waals surface area contributed by atoms with E-state index in [2.05, 4.69) is 0 Å².